The summed E-state index contributed by atoms with van der Waals surface area (Å²) in [4.78, 5) is 11.5. The van der Waals surface area contributed by atoms with Crippen molar-refractivity contribution in [3.63, 3.8) is 0 Å². The first-order valence-corrected chi connectivity index (χ1v) is 7.04. The van der Waals surface area contributed by atoms with Crippen LogP contribution in [0.3, 0.4) is 0 Å². The molecule has 21 heavy (non-hydrogen) atoms. The molecule has 0 aromatic heterocycles. The molecule has 0 radical (unpaired) electrons. The lowest BCUT2D eigenvalue weighted by Crippen LogP contribution is -2.09. The summed E-state index contributed by atoms with van der Waals surface area (Å²) >= 11 is 0. The summed E-state index contributed by atoms with van der Waals surface area (Å²) in [5.74, 6) is 0.199. The largest absolute Gasteiger partial charge is 0.460 e. The van der Waals surface area contributed by atoms with E-state index >= 15 is 0 Å². The predicted molar refractivity (Wildman–Crippen MR) is 81.4 cm³/mol. The highest BCUT2D eigenvalue weighted by molar-refractivity contribution is 5.87. The van der Waals surface area contributed by atoms with Crippen LogP contribution in [-0.2, 0) is 14.3 Å². The monoisotopic (exact) mass is 287 g/mol. The molecule has 112 valence electrons. The molecule has 1 aromatic carbocycles. The second-order valence-electron chi connectivity index (χ2n) is 5.03. The fraction of sp³-hybridized carbons (Fsp3) is 0.412. The van der Waals surface area contributed by atoms with Gasteiger partial charge in [-0.25, -0.2) is 4.79 Å². The second-order valence-corrected chi connectivity index (χ2v) is 5.03. The molecule has 0 fully saturated rings. The summed E-state index contributed by atoms with van der Waals surface area (Å²) in [5.41, 5.74) is 1.35. The van der Waals surface area contributed by atoms with Gasteiger partial charge in [0.25, 0.3) is 0 Å². The van der Waals surface area contributed by atoms with Gasteiger partial charge in [-0.15, -0.1) is 0 Å². The minimum atomic E-state index is -0.412. The van der Waals surface area contributed by atoms with Gasteiger partial charge in [0.05, 0.1) is 18.2 Å². The molecule has 0 saturated heterocycles. The number of rotatable bonds is 8. The lowest BCUT2D eigenvalue weighted by atomic mass is 10.1. The summed E-state index contributed by atoms with van der Waals surface area (Å²) in [5, 5.41) is 8.78. The highest BCUT2D eigenvalue weighted by atomic mass is 16.6. The van der Waals surface area contributed by atoms with Crippen LogP contribution in [0.4, 0.5) is 0 Å². The van der Waals surface area contributed by atoms with Crippen molar-refractivity contribution in [1.29, 1.82) is 5.26 Å². The molecule has 0 heterocycles. The standard InChI is InChI=1S/C17H21NO3/c1-14(2)8-9-20-10-11-21-17(19)7-6-15-4-3-5-16(12-15)13-18/h3-7,12,14H,8-11H2,1-2H3. The SMILES string of the molecule is CC(C)CCOCCOC(=O)C=Cc1cccc(C#N)c1. The maximum Gasteiger partial charge on any atom is 0.330 e. The van der Waals surface area contributed by atoms with E-state index in [1.54, 1.807) is 24.3 Å². The number of carbonyl (C=O) groups excluding carboxylic acids is 1. The van der Waals surface area contributed by atoms with Gasteiger partial charge in [-0.3, -0.25) is 0 Å². The number of ether oxygens (including phenoxy) is 2. The summed E-state index contributed by atoms with van der Waals surface area (Å²) in [6.07, 6.45) is 3.98. The third-order valence-corrected chi connectivity index (χ3v) is 2.74. The minimum Gasteiger partial charge on any atom is -0.460 e. The van der Waals surface area contributed by atoms with Gasteiger partial charge in [0, 0.05) is 12.7 Å². The van der Waals surface area contributed by atoms with E-state index in [9.17, 15) is 4.79 Å². The van der Waals surface area contributed by atoms with Crippen molar-refractivity contribution in [2.24, 2.45) is 5.92 Å². The molecule has 4 nitrogen and oxygen atoms in total. The summed E-state index contributed by atoms with van der Waals surface area (Å²) < 4.78 is 10.4. The van der Waals surface area contributed by atoms with Gasteiger partial charge in [-0.1, -0.05) is 26.0 Å². The zero-order valence-electron chi connectivity index (χ0n) is 12.5. The van der Waals surface area contributed by atoms with E-state index in [2.05, 4.69) is 19.9 Å². The van der Waals surface area contributed by atoms with Gasteiger partial charge in [0.2, 0.25) is 0 Å². The lowest BCUT2D eigenvalue weighted by Gasteiger charge is -2.06. The van der Waals surface area contributed by atoms with Crippen molar-refractivity contribution >= 4 is 12.0 Å². The quantitative estimate of drug-likeness (QED) is 0.418. The number of hydrogen-bond donors (Lipinski definition) is 0. The molecule has 1 aromatic rings. The molecule has 0 aliphatic rings. The fourth-order valence-electron chi connectivity index (χ4n) is 1.55. The van der Waals surface area contributed by atoms with E-state index < -0.39 is 5.97 Å². The van der Waals surface area contributed by atoms with E-state index in [1.807, 2.05) is 6.07 Å². The van der Waals surface area contributed by atoms with Gasteiger partial charge in [0.15, 0.2) is 0 Å². The molecule has 0 aliphatic heterocycles. The van der Waals surface area contributed by atoms with E-state index in [0.29, 0.717) is 24.7 Å². The van der Waals surface area contributed by atoms with E-state index in [-0.39, 0.29) is 6.61 Å². The van der Waals surface area contributed by atoms with Crippen LogP contribution in [0.1, 0.15) is 31.4 Å². The van der Waals surface area contributed by atoms with Crippen molar-refractivity contribution in [2.45, 2.75) is 20.3 Å². The van der Waals surface area contributed by atoms with Gasteiger partial charge in [0.1, 0.15) is 6.61 Å². The number of esters is 1. The van der Waals surface area contributed by atoms with Crippen LogP contribution < -0.4 is 0 Å². The molecule has 0 spiro atoms. The zero-order chi connectivity index (χ0) is 15.5. The van der Waals surface area contributed by atoms with Crippen LogP contribution in [-0.4, -0.2) is 25.8 Å². The Morgan fingerprint density at radius 3 is 2.86 bits per heavy atom. The van der Waals surface area contributed by atoms with Crippen molar-refractivity contribution in [2.75, 3.05) is 19.8 Å². The van der Waals surface area contributed by atoms with Crippen LogP contribution in [0.25, 0.3) is 6.08 Å². The van der Waals surface area contributed by atoms with Gasteiger partial charge in [-0.2, -0.15) is 5.26 Å². The van der Waals surface area contributed by atoms with Crippen LogP contribution >= 0.6 is 0 Å². The van der Waals surface area contributed by atoms with Gasteiger partial charge < -0.3 is 9.47 Å². The molecule has 1 rings (SSSR count). The Labute approximate surface area is 126 Å². The molecule has 0 amide bonds. The third kappa shape index (κ3) is 7.91. The van der Waals surface area contributed by atoms with Crippen LogP contribution in [0.2, 0.25) is 0 Å². The molecular weight excluding hydrogens is 266 g/mol. The molecule has 0 saturated carbocycles. The average molecular weight is 287 g/mol. The highest BCUT2D eigenvalue weighted by Crippen LogP contribution is 2.06. The first-order chi connectivity index (χ1) is 10.1. The Kier molecular flexibility index (Phi) is 7.85. The van der Waals surface area contributed by atoms with E-state index in [4.69, 9.17) is 14.7 Å². The Morgan fingerprint density at radius 1 is 1.33 bits per heavy atom. The molecular formula is C17H21NO3. The first kappa shape index (κ1) is 16.9. The van der Waals surface area contributed by atoms with Crippen molar-refractivity contribution in [1.82, 2.24) is 0 Å². The van der Waals surface area contributed by atoms with Crippen LogP contribution in [0, 0.1) is 17.2 Å². The Balaban J connectivity index is 2.24. The molecule has 0 N–H and O–H groups in total. The van der Waals surface area contributed by atoms with Crippen LogP contribution in [0.15, 0.2) is 30.3 Å². The molecule has 0 atom stereocenters. The van der Waals surface area contributed by atoms with E-state index in [0.717, 1.165) is 12.0 Å². The fourth-order valence-corrected chi connectivity index (χ4v) is 1.55. The van der Waals surface area contributed by atoms with Crippen LogP contribution in [0.5, 0.6) is 0 Å². The Morgan fingerprint density at radius 2 is 2.14 bits per heavy atom. The van der Waals surface area contributed by atoms with Gasteiger partial charge >= 0.3 is 5.97 Å². The third-order valence-electron chi connectivity index (χ3n) is 2.74. The smallest absolute Gasteiger partial charge is 0.330 e. The number of carbonyl (C=O) groups is 1. The zero-order valence-corrected chi connectivity index (χ0v) is 12.5. The summed E-state index contributed by atoms with van der Waals surface area (Å²) in [6, 6.07) is 9.06. The molecule has 4 heteroatoms. The summed E-state index contributed by atoms with van der Waals surface area (Å²) in [6.45, 7) is 5.62. The van der Waals surface area contributed by atoms with E-state index in [1.165, 1.54) is 6.08 Å². The average Bonchev–Trinajstić information content (AvgIpc) is 2.48. The number of hydrogen-bond acceptors (Lipinski definition) is 4. The summed E-state index contributed by atoms with van der Waals surface area (Å²) in [7, 11) is 0. The number of benzene rings is 1. The highest BCUT2D eigenvalue weighted by Gasteiger charge is 1.98. The Bertz CT molecular complexity index is 515. The lowest BCUT2D eigenvalue weighted by molar-refractivity contribution is -0.139. The first-order valence-electron chi connectivity index (χ1n) is 7.04. The predicted octanol–water partition coefficient (Wildman–Crippen LogP) is 3.18. The second kappa shape index (κ2) is 9.73. The molecule has 0 aliphatic carbocycles. The molecule has 0 unspecified atom stereocenters. The van der Waals surface area contributed by atoms with Crippen molar-refractivity contribution in [3.8, 4) is 6.07 Å². The van der Waals surface area contributed by atoms with Crippen molar-refractivity contribution < 1.29 is 14.3 Å². The normalized spacial score (nSPS) is 10.8. The molecule has 0 bridgehead atoms. The Hall–Kier alpha value is -2.12. The number of nitriles is 1. The van der Waals surface area contributed by atoms with Gasteiger partial charge in [-0.05, 0) is 36.1 Å². The maximum absolute atomic E-state index is 11.5. The number of nitrogens with zero attached hydrogens (tertiary/aromatic N) is 1. The minimum absolute atomic E-state index is 0.250. The maximum atomic E-state index is 11.5. The topological polar surface area (TPSA) is 59.3 Å². The van der Waals surface area contributed by atoms with Crippen molar-refractivity contribution in [3.05, 3.63) is 41.5 Å².